The lowest BCUT2D eigenvalue weighted by Gasteiger charge is -2.09. The minimum atomic E-state index is -0.335. The quantitative estimate of drug-likeness (QED) is 0.775. The Kier molecular flexibility index (Phi) is 5.73. The van der Waals surface area contributed by atoms with Crippen molar-refractivity contribution in [1.82, 2.24) is 15.2 Å². The van der Waals surface area contributed by atoms with Crippen molar-refractivity contribution >= 4 is 39.3 Å². The van der Waals surface area contributed by atoms with Crippen LogP contribution in [-0.2, 0) is 4.79 Å². The number of hydrogen-bond donors (Lipinski definition) is 2. The standard InChI is InChI=1S/C14H15BrN4O2S/c1-3-6-22-14-17-13(21)12(18-19-14)10-7-9(15)4-5-11(10)16-8(2)20/h4-5,7H,3,6H2,1-2H3,(H,16,20)(H,17,19,21). The summed E-state index contributed by atoms with van der Waals surface area (Å²) >= 11 is 4.80. The Morgan fingerprint density at radius 2 is 2.18 bits per heavy atom. The van der Waals surface area contributed by atoms with E-state index in [-0.39, 0.29) is 17.2 Å². The molecule has 0 unspecified atom stereocenters. The summed E-state index contributed by atoms with van der Waals surface area (Å²) in [6.07, 6.45) is 0.981. The highest BCUT2D eigenvalue weighted by Crippen LogP contribution is 2.28. The molecule has 1 amide bonds. The second-order valence-electron chi connectivity index (χ2n) is 4.53. The lowest BCUT2D eigenvalue weighted by atomic mass is 10.1. The summed E-state index contributed by atoms with van der Waals surface area (Å²) in [6, 6.07) is 5.22. The van der Waals surface area contributed by atoms with Crippen LogP contribution in [0.1, 0.15) is 20.3 Å². The zero-order chi connectivity index (χ0) is 16.1. The van der Waals surface area contributed by atoms with E-state index >= 15 is 0 Å². The average molecular weight is 383 g/mol. The van der Waals surface area contributed by atoms with Gasteiger partial charge >= 0.3 is 0 Å². The van der Waals surface area contributed by atoms with Crippen LogP contribution in [0.15, 0.2) is 32.6 Å². The first kappa shape index (κ1) is 16.7. The lowest BCUT2D eigenvalue weighted by molar-refractivity contribution is -0.114. The maximum absolute atomic E-state index is 12.3. The molecule has 0 aliphatic heterocycles. The number of nitrogens with one attached hydrogen (secondary N) is 2. The number of carbonyl (C=O) groups excluding carboxylic acids is 1. The normalized spacial score (nSPS) is 10.5. The van der Waals surface area contributed by atoms with E-state index in [1.807, 2.05) is 6.92 Å². The van der Waals surface area contributed by atoms with Crippen LogP contribution in [-0.4, -0.2) is 26.8 Å². The summed E-state index contributed by atoms with van der Waals surface area (Å²) in [7, 11) is 0. The van der Waals surface area contributed by atoms with E-state index in [2.05, 4.69) is 36.4 Å². The van der Waals surface area contributed by atoms with Crippen molar-refractivity contribution in [2.75, 3.05) is 11.1 Å². The molecule has 1 aromatic carbocycles. The van der Waals surface area contributed by atoms with Gasteiger partial charge in [-0.2, -0.15) is 0 Å². The van der Waals surface area contributed by atoms with Gasteiger partial charge in [-0.05, 0) is 24.6 Å². The summed E-state index contributed by atoms with van der Waals surface area (Å²) in [4.78, 5) is 26.3. The predicted octanol–water partition coefficient (Wildman–Crippen LogP) is 3.05. The number of benzene rings is 1. The van der Waals surface area contributed by atoms with Gasteiger partial charge in [-0.3, -0.25) is 14.6 Å². The summed E-state index contributed by atoms with van der Waals surface area (Å²) < 4.78 is 0.780. The molecule has 0 aliphatic carbocycles. The number of rotatable bonds is 5. The first-order chi connectivity index (χ1) is 10.5. The van der Waals surface area contributed by atoms with Crippen molar-refractivity contribution < 1.29 is 4.79 Å². The highest BCUT2D eigenvalue weighted by molar-refractivity contribution is 9.10. The summed E-state index contributed by atoms with van der Waals surface area (Å²) in [6.45, 7) is 3.46. The van der Waals surface area contributed by atoms with Gasteiger partial charge in [0.05, 0.1) is 5.69 Å². The number of carbonyl (C=O) groups is 1. The Morgan fingerprint density at radius 3 is 2.82 bits per heavy atom. The number of H-pyrrole nitrogens is 1. The van der Waals surface area contributed by atoms with E-state index in [1.165, 1.54) is 18.7 Å². The number of nitrogens with zero attached hydrogens (tertiary/aromatic N) is 2. The molecule has 0 radical (unpaired) electrons. The molecule has 0 aliphatic rings. The monoisotopic (exact) mass is 382 g/mol. The highest BCUT2D eigenvalue weighted by atomic mass is 79.9. The number of thioether (sulfide) groups is 1. The molecule has 8 heteroatoms. The van der Waals surface area contributed by atoms with Crippen LogP contribution >= 0.6 is 27.7 Å². The van der Waals surface area contributed by atoms with Gasteiger partial charge in [-0.1, -0.05) is 34.6 Å². The smallest absolute Gasteiger partial charge is 0.278 e. The lowest BCUT2D eigenvalue weighted by Crippen LogP contribution is -2.16. The molecule has 22 heavy (non-hydrogen) atoms. The Balaban J connectivity index is 2.45. The van der Waals surface area contributed by atoms with Crippen LogP contribution in [0, 0.1) is 0 Å². The molecule has 2 rings (SSSR count). The fourth-order valence-electron chi connectivity index (χ4n) is 1.77. The first-order valence-electron chi connectivity index (χ1n) is 6.68. The predicted molar refractivity (Wildman–Crippen MR) is 91.1 cm³/mol. The molecule has 2 aromatic rings. The molecule has 2 N–H and O–H groups in total. The number of aromatic nitrogens is 3. The molecule has 6 nitrogen and oxygen atoms in total. The molecule has 0 bridgehead atoms. The maximum atomic E-state index is 12.3. The van der Waals surface area contributed by atoms with Gasteiger partial charge in [0, 0.05) is 22.7 Å². The van der Waals surface area contributed by atoms with E-state index in [9.17, 15) is 9.59 Å². The third-order valence-electron chi connectivity index (χ3n) is 2.67. The van der Waals surface area contributed by atoms with E-state index in [1.54, 1.807) is 18.2 Å². The van der Waals surface area contributed by atoms with Crippen molar-refractivity contribution in [3.05, 3.63) is 33.0 Å². The molecule has 0 atom stereocenters. The van der Waals surface area contributed by atoms with Gasteiger partial charge in [-0.15, -0.1) is 10.2 Å². The average Bonchev–Trinajstić information content (AvgIpc) is 2.47. The Hall–Kier alpha value is -1.67. The van der Waals surface area contributed by atoms with E-state index in [0.29, 0.717) is 16.4 Å². The second kappa shape index (κ2) is 7.55. The van der Waals surface area contributed by atoms with Crippen LogP contribution in [0.5, 0.6) is 0 Å². The molecule has 1 heterocycles. The number of amides is 1. The van der Waals surface area contributed by atoms with E-state index in [4.69, 9.17) is 0 Å². The van der Waals surface area contributed by atoms with Crippen LogP contribution in [0.25, 0.3) is 11.3 Å². The first-order valence-corrected chi connectivity index (χ1v) is 8.46. The van der Waals surface area contributed by atoms with Crippen molar-refractivity contribution in [3.63, 3.8) is 0 Å². The topological polar surface area (TPSA) is 87.7 Å². The Bertz CT molecular complexity index is 748. The zero-order valence-corrected chi connectivity index (χ0v) is 14.5. The molecule has 0 spiro atoms. The van der Waals surface area contributed by atoms with Gasteiger partial charge < -0.3 is 5.32 Å². The van der Waals surface area contributed by atoms with Gasteiger partial charge in [0.1, 0.15) is 0 Å². The third kappa shape index (κ3) is 4.17. The van der Waals surface area contributed by atoms with Crippen molar-refractivity contribution in [2.24, 2.45) is 0 Å². The van der Waals surface area contributed by atoms with Gasteiger partial charge in [0.25, 0.3) is 5.56 Å². The molecule has 116 valence electrons. The molecule has 0 fully saturated rings. The maximum Gasteiger partial charge on any atom is 0.278 e. The summed E-state index contributed by atoms with van der Waals surface area (Å²) in [5.74, 6) is 0.640. The van der Waals surface area contributed by atoms with E-state index < -0.39 is 0 Å². The largest absolute Gasteiger partial charge is 0.326 e. The highest BCUT2D eigenvalue weighted by Gasteiger charge is 2.14. The van der Waals surface area contributed by atoms with E-state index in [0.717, 1.165) is 16.6 Å². The van der Waals surface area contributed by atoms with Crippen molar-refractivity contribution in [1.29, 1.82) is 0 Å². The molecular formula is C14H15BrN4O2S. The van der Waals surface area contributed by atoms with Crippen LogP contribution in [0.4, 0.5) is 5.69 Å². The Morgan fingerprint density at radius 1 is 1.41 bits per heavy atom. The fourth-order valence-corrected chi connectivity index (χ4v) is 2.80. The molecule has 1 aromatic heterocycles. The molecular weight excluding hydrogens is 368 g/mol. The van der Waals surface area contributed by atoms with Crippen molar-refractivity contribution in [2.45, 2.75) is 25.4 Å². The van der Waals surface area contributed by atoms with Gasteiger partial charge in [-0.25, -0.2) is 0 Å². The number of halogens is 1. The van der Waals surface area contributed by atoms with Gasteiger partial charge in [0.15, 0.2) is 10.9 Å². The van der Waals surface area contributed by atoms with Crippen LogP contribution < -0.4 is 10.9 Å². The number of hydrogen-bond acceptors (Lipinski definition) is 5. The minimum Gasteiger partial charge on any atom is -0.326 e. The van der Waals surface area contributed by atoms with Crippen LogP contribution in [0.3, 0.4) is 0 Å². The molecule has 0 saturated heterocycles. The minimum absolute atomic E-state index is 0.172. The molecule has 0 saturated carbocycles. The number of aromatic amines is 1. The SMILES string of the molecule is CCCSc1nnc(-c2cc(Br)ccc2NC(C)=O)c(=O)[nH]1. The van der Waals surface area contributed by atoms with Crippen LogP contribution in [0.2, 0.25) is 0 Å². The number of anilines is 1. The summed E-state index contributed by atoms with van der Waals surface area (Å²) in [5, 5.41) is 11.2. The van der Waals surface area contributed by atoms with Gasteiger partial charge in [0.2, 0.25) is 5.91 Å². The second-order valence-corrected chi connectivity index (χ2v) is 6.53. The Labute approximate surface area is 140 Å². The zero-order valence-electron chi connectivity index (χ0n) is 12.1. The summed E-state index contributed by atoms with van der Waals surface area (Å²) in [5.41, 5.74) is 0.874. The van der Waals surface area contributed by atoms with Crippen molar-refractivity contribution in [3.8, 4) is 11.3 Å². The third-order valence-corrected chi connectivity index (χ3v) is 4.23. The fraction of sp³-hybridized carbons (Fsp3) is 0.286.